The maximum atomic E-state index is 13.6. The van der Waals surface area contributed by atoms with Crippen LogP contribution in [0.2, 0.25) is 5.02 Å². The highest BCUT2D eigenvalue weighted by molar-refractivity contribution is 6.30. The Hall–Kier alpha value is -3.32. The molecule has 3 N–H and O–H groups in total. The number of benzene rings is 2. The number of alkyl halides is 3. The number of carbonyl (C=O) groups excluding carboxylic acids is 2. The molecule has 3 fully saturated rings. The molecule has 3 saturated carbocycles. The highest BCUT2D eigenvalue weighted by Gasteiger charge is 2.55. The minimum atomic E-state index is -5.11. The molecule has 0 spiro atoms. The molecule has 5 rings (SSSR count). The summed E-state index contributed by atoms with van der Waals surface area (Å²) in [6.07, 6.45) is -4.39. The van der Waals surface area contributed by atoms with Crippen molar-refractivity contribution in [3.63, 3.8) is 0 Å². The van der Waals surface area contributed by atoms with Crippen LogP contribution in [0.15, 0.2) is 36.4 Å². The van der Waals surface area contributed by atoms with Crippen molar-refractivity contribution in [1.82, 2.24) is 10.6 Å². The summed E-state index contributed by atoms with van der Waals surface area (Å²) in [6, 6.07) is 6.23. The van der Waals surface area contributed by atoms with E-state index in [1.165, 1.54) is 12.1 Å². The number of nitrogens with one attached hydrogen (secondary N) is 2. The molecule has 0 radical (unpaired) electrons. The van der Waals surface area contributed by atoms with Crippen molar-refractivity contribution in [3.05, 3.63) is 53.1 Å². The fraction of sp³-hybridized carbons (Fsp3) is 0.440. The lowest BCUT2D eigenvalue weighted by molar-refractivity contribution is -0.275. The summed E-state index contributed by atoms with van der Waals surface area (Å²) in [5.74, 6) is -4.23. The van der Waals surface area contributed by atoms with Gasteiger partial charge in [-0.15, -0.1) is 13.2 Å². The Balaban J connectivity index is 1.28. The number of halogens is 6. The van der Waals surface area contributed by atoms with Crippen LogP contribution in [0.3, 0.4) is 0 Å². The first-order valence-corrected chi connectivity index (χ1v) is 12.2. The molecular formula is C25H24ClF5N2O6. The van der Waals surface area contributed by atoms with Crippen LogP contribution in [0.4, 0.5) is 22.0 Å². The van der Waals surface area contributed by atoms with E-state index >= 15 is 0 Å². The van der Waals surface area contributed by atoms with Crippen LogP contribution in [0.1, 0.15) is 32.1 Å². The molecule has 1 atom stereocenters. The molecule has 0 saturated heterocycles. The second kappa shape index (κ2) is 11.0. The molecule has 8 nitrogen and oxygen atoms in total. The standard InChI is InChI=1S/C25H24ClF5N2O6/c26-16-3-1-14(9-18(16)28)37-12-21(35)32-23-5-7-24(8-6-23,20(34)11-23)33-22(36)13-38-15-2-4-17(27)19(10-15)39-25(29,30)31/h1-4,9-10,20,34H,5-8,11-13H2,(H,32,35)(H,33,36)/t20-,23?,24?/m0/s1. The molecule has 3 aliphatic carbocycles. The summed E-state index contributed by atoms with van der Waals surface area (Å²) in [5, 5.41) is 16.4. The van der Waals surface area contributed by atoms with Gasteiger partial charge in [0.05, 0.1) is 16.7 Å². The van der Waals surface area contributed by atoms with Gasteiger partial charge in [-0.1, -0.05) is 11.6 Å². The van der Waals surface area contributed by atoms with E-state index in [0.29, 0.717) is 37.8 Å². The van der Waals surface area contributed by atoms with Gasteiger partial charge in [0.25, 0.3) is 11.8 Å². The highest BCUT2D eigenvalue weighted by Crippen LogP contribution is 2.47. The quantitative estimate of drug-likeness (QED) is 0.388. The Labute approximate surface area is 224 Å². The molecule has 0 heterocycles. The van der Waals surface area contributed by atoms with E-state index in [1.54, 1.807) is 0 Å². The maximum absolute atomic E-state index is 13.6. The lowest BCUT2D eigenvalue weighted by Crippen LogP contribution is -2.70. The minimum absolute atomic E-state index is 0.0775. The second-order valence-electron chi connectivity index (χ2n) is 9.55. The van der Waals surface area contributed by atoms with Crippen LogP contribution in [-0.4, -0.2) is 53.7 Å². The van der Waals surface area contributed by atoms with E-state index in [0.717, 1.165) is 12.1 Å². The van der Waals surface area contributed by atoms with Crippen LogP contribution < -0.4 is 24.8 Å². The number of amides is 2. The maximum Gasteiger partial charge on any atom is 0.573 e. The molecule has 0 unspecified atom stereocenters. The number of fused-ring (bicyclic) bond motifs is 3. The zero-order chi connectivity index (χ0) is 28.4. The smallest absolute Gasteiger partial charge is 0.484 e. The van der Waals surface area contributed by atoms with Crippen LogP contribution in [0, 0.1) is 11.6 Å². The van der Waals surface area contributed by atoms with Crippen molar-refractivity contribution < 1.29 is 50.9 Å². The number of hydrogen-bond donors (Lipinski definition) is 3. The summed E-state index contributed by atoms with van der Waals surface area (Å²) in [4.78, 5) is 25.1. The van der Waals surface area contributed by atoms with E-state index in [2.05, 4.69) is 15.4 Å². The minimum Gasteiger partial charge on any atom is -0.484 e. The van der Waals surface area contributed by atoms with Crippen LogP contribution in [0.25, 0.3) is 0 Å². The summed E-state index contributed by atoms with van der Waals surface area (Å²) < 4.78 is 78.5. The fourth-order valence-corrected chi connectivity index (χ4v) is 5.07. The third-order valence-electron chi connectivity index (χ3n) is 6.87. The highest BCUT2D eigenvalue weighted by atomic mass is 35.5. The fourth-order valence-electron chi connectivity index (χ4n) is 4.95. The molecule has 0 aromatic heterocycles. The molecule has 2 aromatic carbocycles. The molecule has 39 heavy (non-hydrogen) atoms. The molecule has 212 valence electrons. The molecular weight excluding hydrogens is 555 g/mol. The summed E-state index contributed by atoms with van der Waals surface area (Å²) >= 11 is 5.63. The van der Waals surface area contributed by atoms with E-state index in [1.807, 2.05) is 0 Å². The summed E-state index contributed by atoms with van der Waals surface area (Å²) in [6.45, 7) is -0.979. The second-order valence-corrected chi connectivity index (χ2v) is 9.95. The van der Waals surface area contributed by atoms with Gasteiger partial charge in [0, 0.05) is 17.7 Å². The van der Waals surface area contributed by atoms with Gasteiger partial charge in [0.2, 0.25) is 0 Å². The van der Waals surface area contributed by atoms with E-state index in [9.17, 15) is 36.6 Å². The number of carbonyl (C=O) groups is 2. The van der Waals surface area contributed by atoms with Gasteiger partial charge in [-0.3, -0.25) is 9.59 Å². The molecule has 0 aliphatic heterocycles. The van der Waals surface area contributed by atoms with E-state index in [4.69, 9.17) is 21.1 Å². The third kappa shape index (κ3) is 7.01. The topological polar surface area (TPSA) is 106 Å². The number of aliphatic hydroxyl groups is 1. The van der Waals surface area contributed by atoms with Gasteiger partial charge in [-0.25, -0.2) is 8.78 Å². The zero-order valence-electron chi connectivity index (χ0n) is 20.2. The van der Waals surface area contributed by atoms with Gasteiger partial charge in [-0.2, -0.15) is 0 Å². The van der Waals surface area contributed by atoms with E-state index < -0.39 is 59.3 Å². The number of hydrogen-bond acceptors (Lipinski definition) is 6. The average molecular weight is 579 g/mol. The van der Waals surface area contributed by atoms with Gasteiger partial charge >= 0.3 is 6.36 Å². The predicted octanol–water partition coefficient (Wildman–Crippen LogP) is 4.02. The largest absolute Gasteiger partial charge is 0.573 e. The van der Waals surface area contributed by atoms with Gasteiger partial charge in [-0.05, 0) is 56.4 Å². The van der Waals surface area contributed by atoms with Crippen molar-refractivity contribution >= 4 is 23.4 Å². The Kier molecular flexibility index (Phi) is 8.12. The van der Waals surface area contributed by atoms with Gasteiger partial charge in [0.1, 0.15) is 17.3 Å². The zero-order valence-corrected chi connectivity index (χ0v) is 21.0. The Morgan fingerprint density at radius 1 is 0.923 bits per heavy atom. The summed E-state index contributed by atoms with van der Waals surface area (Å²) in [7, 11) is 0. The lowest BCUT2D eigenvalue weighted by atomic mass is 9.60. The molecule has 2 amide bonds. The molecule has 2 bridgehead atoms. The Bertz CT molecular complexity index is 1240. The SMILES string of the molecule is O=C(COc1ccc(Cl)c(F)c1)NC12CCC(NC(=O)COc3ccc(F)c(OC(F)(F)F)c3)(CC1)[C@@H](O)C2. The number of rotatable bonds is 9. The predicted molar refractivity (Wildman–Crippen MR) is 126 cm³/mol. The van der Waals surface area contributed by atoms with Gasteiger partial charge < -0.3 is 30.0 Å². The first-order valence-electron chi connectivity index (χ1n) is 11.8. The monoisotopic (exact) mass is 578 g/mol. The van der Waals surface area contributed by atoms with Gasteiger partial charge in [0.15, 0.2) is 24.8 Å². The normalized spacial score (nSPS) is 24.1. The summed E-state index contributed by atoms with van der Waals surface area (Å²) in [5.41, 5.74) is -1.69. The first-order chi connectivity index (χ1) is 18.3. The van der Waals surface area contributed by atoms with Crippen LogP contribution in [0.5, 0.6) is 17.2 Å². The van der Waals surface area contributed by atoms with Crippen molar-refractivity contribution in [2.24, 2.45) is 0 Å². The third-order valence-corrected chi connectivity index (χ3v) is 7.18. The van der Waals surface area contributed by atoms with Crippen molar-refractivity contribution in [2.45, 2.75) is 55.6 Å². The van der Waals surface area contributed by atoms with Crippen molar-refractivity contribution in [1.29, 1.82) is 0 Å². The first kappa shape index (κ1) is 28.7. The Morgan fingerprint density at radius 2 is 1.51 bits per heavy atom. The van der Waals surface area contributed by atoms with E-state index in [-0.39, 0.29) is 29.5 Å². The van der Waals surface area contributed by atoms with Crippen molar-refractivity contribution in [3.8, 4) is 17.2 Å². The molecule has 3 aliphatic rings. The van der Waals surface area contributed by atoms with Crippen molar-refractivity contribution in [2.75, 3.05) is 13.2 Å². The van der Waals surface area contributed by atoms with Crippen LogP contribution in [-0.2, 0) is 9.59 Å². The average Bonchev–Trinajstić information content (AvgIpc) is 2.85. The number of aliphatic hydroxyl groups excluding tert-OH is 1. The molecule has 14 heteroatoms. The Morgan fingerprint density at radius 3 is 2.10 bits per heavy atom. The van der Waals surface area contributed by atoms with Crippen LogP contribution >= 0.6 is 11.6 Å². The molecule has 2 aromatic rings. The number of ether oxygens (including phenoxy) is 3. The lowest BCUT2D eigenvalue weighted by Gasteiger charge is -2.56.